The third kappa shape index (κ3) is 3.55. The third-order valence-corrected chi connectivity index (χ3v) is 3.81. The summed E-state index contributed by atoms with van der Waals surface area (Å²) in [5.41, 5.74) is 7.06. The quantitative estimate of drug-likeness (QED) is 0.614. The largest absolute Gasteiger partial charge is 0.368 e. The standard InChI is InChI=1S/C16H11F2IN4/c17-9-1-4-11(5-2-9)22-15-13(8-21-16(20)23-15)12-6-3-10(19)7-14(12)18/h1-8H,(H3,20,21,22,23). The van der Waals surface area contributed by atoms with Crippen LogP contribution in [-0.4, -0.2) is 9.97 Å². The van der Waals surface area contributed by atoms with E-state index in [4.69, 9.17) is 5.73 Å². The molecule has 0 spiro atoms. The predicted molar refractivity (Wildman–Crippen MR) is 94.2 cm³/mol. The van der Waals surface area contributed by atoms with Crippen LogP contribution in [-0.2, 0) is 0 Å². The highest BCUT2D eigenvalue weighted by molar-refractivity contribution is 14.1. The molecule has 0 fully saturated rings. The molecular weight excluding hydrogens is 413 g/mol. The Kier molecular flexibility index (Phi) is 4.37. The van der Waals surface area contributed by atoms with Crippen LogP contribution in [0.5, 0.6) is 0 Å². The van der Waals surface area contributed by atoms with Gasteiger partial charge in [-0.3, -0.25) is 0 Å². The molecule has 116 valence electrons. The Balaban J connectivity index is 2.05. The van der Waals surface area contributed by atoms with Gasteiger partial charge in [0.2, 0.25) is 5.95 Å². The summed E-state index contributed by atoms with van der Waals surface area (Å²) in [5, 5.41) is 3.01. The van der Waals surface area contributed by atoms with Gasteiger partial charge in [0.15, 0.2) is 0 Å². The molecule has 0 amide bonds. The zero-order valence-electron chi connectivity index (χ0n) is 11.7. The van der Waals surface area contributed by atoms with Gasteiger partial charge in [-0.25, -0.2) is 13.8 Å². The van der Waals surface area contributed by atoms with Crippen molar-refractivity contribution in [3.63, 3.8) is 0 Å². The van der Waals surface area contributed by atoms with Crippen molar-refractivity contribution in [2.75, 3.05) is 11.1 Å². The Bertz CT molecular complexity index is 853. The van der Waals surface area contributed by atoms with Crippen LogP contribution in [0, 0.1) is 15.2 Å². The predicted octanol–water partition coefficient (Wildman–Crippen LogP) is 4.35. The molecule has 0 radical (unpaired) electrons. The molecule has 0 aliphatic rings. The molecule has 3 rings (SSSR count). The fourth-order valence-electron chi connectivity index (χ4n) is 2.07. The Hall–Kier alpha value is -2.29. The number of rotatable bonds is 3. The molecule has 3 N–H and O–H groups in total. The molecule has 23 heavy (non-hydrogen) atoms. The summed E-state index contributed by atoms with van der Waals surface area (Å²) < 4.78 is 28.0. The lowest BCUT2D eigenvalue weighted by molar-refractivity contribution is 0.628. The maximum atomic E-state index is 14.2. The van der Waals surface area contributed by atoms with Gasteiger partial charge in [0.05, 0.1) is 0 Å². The van der Waals surface area contributed by atoms with E-state index in [0.29, 0.717) is 22.6 Å². The number of halogens is 3. The lowest BCUT2D eigenvalue weighted by Gasteiger charge is -2.12. The van der Waals surface area contributed by atoms with E-state index in [2.05, 4.69) is 15.3 Å². The zero-order valence-corrected chi connectivity index (χ0v) is 13.9. The normalized spacial score (nSPS) is 10.6. The molecule has 0 aliphatic heterocycles. The fourth-order valence-corrected chi connectivity index (χ4v) is 2.52. The second kappa shape index (κ2) is 6.45. The highest BCUT2D eigenvalue weighted by Gasteiger charge is 2.13. The topological polar surface area (TPSA) is 63.8 Å². The van der Waals surface area contributed by atoms with Gasteiger partial charge in [-0.2, -0.15) is 4.98 Å². The van der Waals surface area contributed by atoms with Crippen LogP contribution in [0.2, 0.25) is 0 Å². The van der Waals surface area contributed by atoms with Gasteiger partial charge in [-0.05, 0) is 59.0 Å². The number of nitrogens with two attached hydrogens (primary N) is 1. The van der Waals surface area contributed by atoms with E-state index in [-0.39, 0.29) is 17.6 Å². The first kappa shape index (κ1) is 15.6. The van der Waals surface area contributed by atoms with Crippen LogP contribution < -0.4 is 11.1 Å². The summed E-state index contributed by atoms with van der Waals surface area (Å²) in [7, 11) is 0. The van der Waals surface area contributed by atoms with Crippen molar-refractivity contribution in [3.05, 3.63) is 63.9 Å². The molecule has 4 nitrogen and oxygen atoms in total. The number of benzene rings is 2. The average Bonchev–Trinajstić information content (AvgIpc) is 2.51. The molecule has 1 aromatic heterocycles. The van der Waals surface area contributed by atoms with Gasteiger partial charge in [0.1, 0.15) is 17.5 Å². The number of aromatic nitrogens is 2. The summed E-state index contributed by atoms with van der Waals surface area (Å²) in [6.45, 7) is 0. The molecule has 0 saturated carbocycles. The molecule has 2 aromatic carbocycles. The van der Waals surface area contributed by atoms with E-state index in [9.17, 15) is 8.78 Å². The Labute approximate surface area is 144 Å². The number of hydrogen-bond acceptors (Lipinski definition) is 4. The monoisotopic (exact) mass is 424 g/mol. The number of anilines is 3. The first-order chi connectivity index (χ1) is 11.0. The van der Waals surface area contributed by atoms with Crippen LogP contribution in [0.3, 0.4) is 0 Å². The second-order valence-electron chi connectivity index (χ2n) is 4.75. The zero-order chi connectivity index (χ0) is 16.4. The lowest BCUT2D eigenvalue weighted by Crippen LogP contribution is -2.03. The molecular formula is C16H11F2IN4. The van der Waals surface area contributed by atoms with Crippen LogP contribution in [0.4, 0.5) is 26.2 Å². The van der Waals surface area contributed by atoms with Crippen molar-refractivity contribution in [1.29, 1.82) is 0 Å². The lowest BCUT2D eigenvalue weighted by atomic mass is 10.1. The summed E-state index contributed by atoms with van der Waals surface area (Å²) in [5.74, 6) is -0.317. The highest BCUT2D eigenvalue weighted by atomic mass is 127. The minimum absolute atomic E-state index is 0.0595. The van der Waals surface area contributed by atoms with Crippen molar-refractivity contribution in [3.8, 4) is 11.1 Å². The van der Waals surface area contributed by atoms with E-state index in [1.807, 2.05) is 22.6 Å². The van der Waals surface area contributed by atoms with Crippen molar-refractivity contribution in [1.82, 2.24) is 9.97 Å². The van der Waals surface area contributed by atoms with Gasteiger partial charge >= 0.3 is 0 Å². The molecule has 0 aliphatic carbocycles. The maximum absolute atomic E-state index is 14.2. The Morgan fingerprint density at radius 1 is 1.00 bits per heavy atom. The first-order valence-corrected chi connectivity index (χ1v) is 7.71. The van der Waals surface area contributed by atoms with Gasteiger partial charge in [-0.15, -0.1) is 0 Å². The summed E-state index contributed by atoms with van der Waals surface area (Å²) >= 11 is 2.03. The van der Waals surface area contributed by atoms with Crippen molar-refractivity contribution in [2.45, 2.75) is 0 Å². The smallest absolute Gasteiger partial charge is 0.221 e. The molecule has 0 unspecified atom stereocenters. The van der Waals surface area contributed by atoms with Crippen LogP contribution in [0.25, 0.3) is 11.1 Å². The minimum atomic E-state index is -0.382. The molecule has 1 heterocycles. The summed E-state index contributed by atoms with van der Waals surface area (Å²) in [6.07, 6.45) is 1.46. The van der Waals surface area contributed by atoms with Gasteiger partial charge in [0, 0.05) is 26.6 Å². The SMILES string of the molecule is Nc1ncc(-c2ccc(I)cc2F)c(Nc2ccc(F)cc2)n1. The van der Waals surface area contributed by atoms with E-state index in [0.717, 1.165) is 3.57 Å². The fraction of sp³-hybridized carbons (Fsp3) is 0. The molecule has 0 atom stereocenters. The van der Waals surface area contributed by atoms with E-state index >= 15 is 0 Å². The van der Waals surface area contributed by atoms with Crippen molar-refractivity contribution in [2.24, 2.45) is 0 Å². The van der Waals surface area contributed by atoms with Crippen LogP contribution in [0.1, 0.15) is 0 Å². The number of nitrogens with one attached hydrogen (secondary N) is 1. The van der Waals surface area contributed by atoms with E-state index in [1.54, 1.807) is 24.3 Å². The van der Waals surface area contributed by atoms with E-state index < -0.39 is 0 Å². The second-order valence-corrected chi connectivity index (χ2v) is 5.99. The first-order valence-electron chi connectivity index (χ1n) is 6.63. The number of nitrogen functional groups attached to an aromatic ring is 1. The van der Waals surface area contributed by atoms with Gasteiger partial charge in [0.25, 0.3) is 0 Å². The number of nitrogens with zero attached hydrogens (tertiary/aromatic N) is 2. The molecule has 7 heteroatoms. The average molecular weight is 424 g/mol. The summed E-state index contributed by atoms with van der Waals surface area (Å²) in [6, 6.07) is 10.6. The van der Waals surface area contributed by atoms with Gasteiger partial charge < -0.3 is 11.1 Å². The molecule has 0 saturated heterocycles. The van der Waals surface area contributed by atoms with E-state index in [1.165, 1.54) is 24.4 Å². The minimum Gasteiger partial charge on any atom is -0.368 e. The Morgan fingerprint density at radius 3 is 2.43 bits per heavy atom. The Morgan fingerprint density at radius 2 is 1.74 bits per heavy atom. The molecule has 3 aromatic rings. The van der Waals surface area contributed by atoms with Crippen LogP contribution >= 0.6 is 22.6 Å². The summed E-state index contributed by atoms with van der Waals surface area (Å²) in [4.78, 5) is 8.06. The van der Waals surface area contributed by atoms with Crippen molar-refractivity contribution < 1.29 is 8.78 Å². The van der Waals surface area contributed by atoms with Crippen LogP contribution in [0.15, 0.2) is 48.7 Å². The highest BCUT2D eigenvalue weighted by Crippen LogP contribution is 2.31. The maximum Gasteiger partial charge on any atom is 0.221 e. The van der Waals surface area contributed by atoms with Crippen molar-refractivity contribution >= 4 is 40.0 Å². The molecule has 0 bridgehead atoms. The number of hydrogen-bond donors (Lipinski definition) is 2. The van der Waals surface area contributed by atoms with Gasteiger partial charge in [-0.1, -0.05) is 6.07 Å². The third-order valence-electron chi connectivity index (χ3n) is 3.14.